The predicted octanol–water partition coefficient (Wildman–Crippen LogP) is 5.42. The van der Waals surface area contributed by atoms with E-state index in [-0.39, 0.29) is 5.91 Å². The van der Waals surface area contributed by atoms with Crippen LogP contribution in [0.4, 0.5) is 11.4 Å². The fourth-order valence-electron chi connectivity index (χ4n) is 3.24. The molecule has 0 aliphatic heterocycles. The molecular formula is C23H21N3O2S. The molecule has 2 aromatic carbocycles. The van der Waals surface area contributed by atoms with Gasteiger partial charge >= 0.3 is 0 Å². The van der Waals surface area contributed by atoms with Crippen molar-refractivity contribution in [1.29, 1.82) is 0 Å². The highest BCUT2D eigenvalue weighted by atomic mass is 32.1. The lowest BCUT2D eigenvalue weighted by molar-refractivity contribution is 0.103. The van der Waals surface area contributed by atoms with Gasteiger partial charge in [0, 0.05) is 16.6 Å². The van der Waals surface area contributed by atoms with Crippen LogP contribution in [0.1, 0.15) is 20.8 Å². The molecule has 0 aliphatic rings. The molecule has 5 nitrogen and oxygen atoms in total. The van der Waals surface area contributed by atoms with Crippen LogP contribution in [0.15, 0.2) is 54.6 Å². The quantitative estimate of drug-likeness (QED) is 0.477. The number of carbonyl (C=O) groups excluding carboxylic acids is 1. The molecule has 0 saturated heterocycles. The Hall–Kier alpha value is -3.38. The zero-order valence-electron chi connectivity index (χ0n) is 16.4. The van der Waals surface area contributed by atoms with Crippen molar-refractivity contribution in [3.63, 3.8) is 0 Å². The molecule has 6 heteroatoms. The Morgan fingerprint density at radius 2 is 1.93 bits per heavy atom. The van der Waals surface area contributed by atoms with Crippen molar-refractivity contribution >= 4 is 38.8 Å². The van der Waals surface area contributed by atoms with E-state index in [1.54, 1.807) is 7.11 Å². The van der Waals surface area contributed by atoms with Crippen molar-refractivity contribution in [2.75, 3.05) is 18.2 Å². The van der Waals surface area contributed by atoms with Crippen LogP contribution in [0, 0.1) is 13.8 Å². The van der Waals surface area contributed by atoms with Gasteiger partial charge in [-0.05, 0) is 49.7 Å². The van der Waals surface area contributed by atoms with E-state index in [9.17, 15) is 4.79 Å². The van der Waals surface area contributed by atoms with E-state index < -0.39 is 0 Å². The summed E-state index contributed by atoms with van der Waals surface area (Å²) in [5, 5.41) is 3.75. The van der Waals surface area contributed by atoms with Gasteiger partial charge < -0.3 is 15.8 Å². The molecule has 1 amide bonds. The molecule has 3 N–H and O–H groups in total. The highest BCUT2D eigenvalue weighted by Crippen LogP contribution is 2.35. The molecule has 0 radical (unpaired) electrons. The normalized spacial score (nSPS) is 10.9. The third kappa shape index (κ3) is 3.67. The van der Waals surface area contributed by atoms with Crippen LogP contribution in [-0.4, -0.2) is 18.0 Å². The van der Waals surface area contributed by atoms with Gasteiger partial charge in [0.2, 0.25) is 0 Å². The summed E-state index contributed by atoms with van der Waals surface area (Å²) in [7, 11) is 1.64. The second-order valence-electron chi connectivity index (χ2n) is 6.90. The van der Waals surface area contributed by atoms with Gasteiger partial charge in [-0.1, -0.05) is 29.8 Å². The average molecular weight is 404 g/mol. The van der Waals surface area contributed by atoms with Gasteiger partial charge in [0.15, 0.2) is 0 Å². The number of methoxy groups -OCH3 is 1. The maximum atomic E-state index is 12.9. The van der Waals surface area contributed by atoms with Crippen LogP contribution >= 0.6 is 11.3 Å². The number of benzene rings is 2. The molecule has 0 fully saturated rings. The Bertz CT molecular complexity index is 1230. The molecule has 4 rings (SSSR count). The average Bonchev–Trinajstić information content (AvgIpc) is 3.06. The number of anilines is 2. The van der Waals surface area contributed by atoms with Crippen LogP contribution in [0.3, 0.4) is 0 Å². The lowest BCUT2D eigenvalue weighted by atomic mass is 10.1. The number of hydrogen-bond donors (Lipinski definition) is 2. The molecule has 0 unspecified atom stereocenters. The standard InChI is InChI=1S/C23H21N3O2S/c1-13-7-9-18(14(2)11-13)25-22(27)21-20(24)17-8-10-19(26-23(17)29-21)15-5-4-6-16(12-15)28-3/h4-12H,24H2,1-3H3,(H,25,27). The van der Waals surface area contributed by atoms with E-state index >= 15 is 0 Å². The second-order valence-corrected chi connectivity index (χ2v) is 7.90. The van der Waals surface area contributed by atoms with Gasteiger partial charge in [0.1, 0.15) is 15.5 Å². The molecule has 0 saturated carbocycles. The lowest BCUT2D eigenvalue weighted by Crippen LogP contribution is -2.12. The second kappa shape index (κ2) is 7.56. The number of amides is 1. The minimum atomic E-state index is -0.222. The van der Waals surface area contributed by atoms with Crippen LogP contribution in [0.25, 0.3) is 21.5 Å². The van der Waals surface area contributed by atoms with Crippen LogP contribution in [0.2, 0.25) is 0 Å². The van der Waals surface area contributed by atoms with E-state index in [1.165, 1.54) is 11.3 Å². The Morgan fingerprint density at radius 1 is 1.10 bits per heavy atom. The highest BCUT2D eigenvalue weighted by Gasteiger charge is 2.18. The number of aryl methyl sites for hydroxylation is 2. The summed E-state index contributed by atoms with van der Waals surface area (Å²) < 4.78 is 5.29. The van der Waals surface area contributed by atoms with E-state index in [0.29, 0.717) is 10.6 Å². The van der Waals surface area contributed by atoms with E-state index in [1.807, 2.05) is 68.4 Å². The zero-order valence-corrected chi connectivity index (χ0v) is 17.3. The maximum absolute atomic E-state index is 12.9. The molecule has 2 aromatic heterocycles. The summed E-state index contributed by atoms with van der Waals surface area (Å²) in [6, 6.07) is 17.4. The number of aromatic nitrogens is 1. The van der Waals surface area contributed by atoms with Gasteiger partial charge in [-0.15, -0.1) is 11.3 Å². The Kier molecular flexibility index (Phi) is 4.94. The molecule has 4 aromatic rings. The lowest BCUT2D eigenvalue weighted by Gasteiger charge is -2.08. The molecular weight excluding hydrogens is 382 g/mol. The predicted molar refractivity (Wildman–Crippen MR) is 120 cm³/mol. The van der Waals surface area contributed by atoms with Gasteiger partial charge in [-0.2, -0.15) is 0 Å². The number of rotatable bonds is 4. The first kappa shape index (κ1) is 19.0. The van der Waals surface area contributed by atoms with Gasteiger partial charge in [0.05, 0.1) is 18.5 Å². The summed E-state index contributed by atoms with van der Waals surface area (Å²) in [5.74, 6) is 0.545. The number of nitrogens with two attached hydrogens (primary N) is 1. The van der Waals surface area contributed by atoms with Gasteiger partial charge in [-0.25, -0.2) is 4.98 Å². The summed E-state index contributed by atoms with van der Waals surface area (Å²) in [4.78, 5) is 18.8. The number of pyridine rings is 1. The van der Waals surface area contributed by atoms with Crippen molar-refractivity contribution < 1.29 is 9.53 Å². The fourth-order valence-corrected chi connectivity index (χ4v) is 4.23. The molecule has 0 atom stereocenters. The summed E-state index contributed by atoms with van der Waals surface area (Å²) in [6.07, 6.45) is 0. The molecule has 146 valence electrons. The number of ether oxygens (including phenoxy) is 1. The van der Waals surface area contributed by atoms with Gasteiger partial charge in [0.25, 0.3) is 5.91 Å². The minimum absolute atomic E-state index is 0.222. The minimum Gasteiger partial charge on any atom is -0.497 e. The Morgan fingerprint density at radius 3 is 2.69 bits per heavy atom. The number of carbonyl (C=O) groups is 1. The molecule has 2 heterocycles. The SMILES string of the molecule is COc1cccc(-c2ccc3c(N)c(C(=O)Nc4ccc(C)cc4C)sc3n2)c1. The van der Waals surface area contributed by atoms with E-state index in [2.05, 4.69) is 5.32 Å². The summed E-state index contributed by atoms with van der Waals surface area (Å²) in [6.45, 7) is 3.99. The van der Waals surface area contributed by atoms with Crippen molar-refractivity contribution in [1.82, 2.24) is 4.98 Å². The van der Waals surface area contributed by atoms with Crippen molar-refractivity contribution in [3.8, 4) is 17.0 Å². The first-order valence-corrected chi connectivity index (χ1v) is 10.00. The Balaban J connectivity index is 1.68. The van der Waals surface area contributed by atoms with E-state index in [0.717, 1.165) is 44.0 Å². The number of thiophene rings is 1. The number of fused-ring (bicyclic) bond motifs is 1. The number of hydrogen-bond acceptors (Lipinski definition) is 5. The van der Waals surface area contributed by atoms with Crippen molar-refractivity contribution in [2.45, 2.75) is 13.8 Å². The van der Waals surface area contributed by atoms with Crippen LogP contribution in [0.5, 0.6) is 5.75 Å². The molecule has 0 bridgehead atoms. The summed E-state index contributed by atoms with van der Waals surface area (Å²) >= 11 is 1.30. The first-order chi connectivity index (χ1) is 14.0. The maximum Gasteiger partial charge on any atom is 0.267 e. The van der Waals surface area contributed by atoms with Crippen LogP contribution < -0.4 is 15.8 Å². The topological polar surface area (TPSA) is 77.2 Å². The molecule has 29 heavy (non-hydrogen) atoms. The molecule has 0 aliphatic carbocycles. The van der Waals surface area contributed by atoms with Gasteiger partial charge in [-0.3, -0.25) is 4.79 Å². The smallest absolute Gasteiger partial charge is 0.267 e. The number of nitrogens with one attached hydrogen (secondary N) is 1. The first-order valence-electron chi connectivity index (χ1n) is 9.18. The number of nitrogen functional groups attached to an aromatic ring is 1. The monoisotopic (exact) mass is 403 g/mol. The molecule has 0 spiro atoms. The van der Waals surface area contributed by atoms with Crippen molar-refractivity contribution in [2.24, 2.45) is 0 Å². The van der Waals surface area contributed by atoms with E-state index in [4.69, 9.17) is 15.5 Å². The fraction of sp³-hybridized carbons (Fsp3) is 0.130. The zero-order chi connectivity index (χ0) is 20.5. The van der Waals surface area contributed by atoms with Crippen molar-refractivity contribution in [3.05, 3.63) is 70.6 Å². The van der Waals surface area contributed by atoms with Crippen LogP contribution in [-0.2, 0) is 0 Å². The third-order valence-corrected chi connectivity index (χ3v) is 5.91. The number of nitrogens with zero attached hydrogens (tertiary/aromatic N) is 1. The Labute approximate surface area is 173 Å². The third-order valence-electron chi connectivity index (χ3n) is 4.80. The highest BCUT2D eigenvalue weighted by molar-refractivity contribution is 7.21. The summed E-state index contributed by atoms with van der Waals surface area (Å²) in [5.41, 5.74) is 11.4. The largest absolute Gasteiger partial charge is 0.497 e.